The number of aromatic nitrogens is 2. The Kier molecular flexibility index (Phi) is 4.44. The number of fused-ring (bicyclic) bond motifs is 1. The molecule has 4 aromatic rings. The van der Waals surface area contributed by atoms with E-state index in [-0.39, 0.29) is 5.91 Å². The van der Waals surface area contributed by atoms with Crippen LogP contribution in [0.4, 0.5) is 5.69 Å². The van der Waals surface area contributed by atoms with Gasteiger partial charge in [0.1, 0.15) is 0 Å². The number of rotatable bonds is 3. The van der Waals surface area contributed by atoms with Crippen molar-refractivity contribution in [2.75, 3.05) is 5.32 Å². The Labute approximate surface area is 164 Å². The number of halogens is 2. The maximum absolute atomic E-state index is 12.5. The average Bonchev–Trinajstić information content (AvgIpc) is 3.17. The Bertz CT molecular complexity index is 1130. The molecule has 4 nitrogen and oxygen atoms in total. The second kappa shape index (κ2) is 6.76. The van der Waals surface area contributed by atoms with Gasteiger partial charge in [0.25, 0.3) is 5.91 Å². The predicted molar refractivity (Wildman–Crippen MR) is 108 cm³/mol. The molecular weight excluding hydrogens is 389 g/mol. The van der Waals surface area contributed by atoms with Gasteiger partial charge in [-0.05, 0) is 37.3 Å². The van der Waals surface area contributed by atoms with Crippen LogP contribution >= 0.6 is 34.5 Å². The van der Waals surface area contributed by atoms with Crippen LogP contribution in [0, 0.1) is 6.92 Å². The van der Waals surface area contributed by atoms with Crippen molar-refractivity contribution in [2.24, 2.45) is 0 Å². The zero-order valence-corrected chi connectivity index (χ0v) is 16.0. The van der Waals surface area contributed by atoms with Crippen LogP contribution in [0.15, 0.2) is 54.0 Å². The third-order valence-electron chi connectivity index (χ3n) is 3.98. The van der Waals surface area contributed by atoms with Crippen LogP contribution < -0.4 is 5.32 Å². The molecule has 0 atom stereocenters. The molecule has 0 saturated heterocycles. The van der Waals surface area contributed by atoms with E-state index in [4.69, 9.17) is 23.2 Å². The number of carbonyl (C=O) groups excluding carboxylic acids is 1. The second-order valence-corrected chi connectivity index (χ2v) is 7.50. The first kappa shape index (κ1) is 17.1. The Hall–Kier alpha value is -2.34. The average molecular weight is 402 g/mol. The van der Waals surface area contributed by atoms with Crippen molar-refractivity contribution in [3.8, 4) is 11.3 Å². The van der Waals surface area contributed by atoms with Crippen molar-refractivity contribution in [3.05, 3.63) is 75.3 Å². The lowest BCUT2D eigenvalue weighted by atomic mass is 10.1. The normalized spacial score (nSPS) is 11.0. The van der Waals surface area contributed by atoms with Gasteiger partial charge in [0.2, 0.25) is 0 Å². The summed E-state index contributed by atoms with van der Waals surface area (Å²) in [6, 6.07) is 12.4. The molecule has 0 aliphatic rings. The summed E-state index contributed by atoms with van der Waals surface area (Å²) in [6.07, 6.45) is 2.00. The van der Waals surface area contributed by atoms with Crippen LogP contribution in [-0.2, 0) is 0 Å². The summed E-state index contributed by atoms with van der Waals surface area (Å²) >= 11 is 13.6. The maximum atomic E-state index is 12.5. The molecule has 0 aliphatic carbocycles. The number of nitrogens with one attached hydrogen (secondary N) is 1. The third kappa shape index (κ3) is 3.21. The Morgan fingerprint density at radius 2 is 2.04 bits per heavy atom. The predicted octanol–water partition coefficient (Wildman–Crippen LogP) is 5.93. The number of hydrogen-bond acceptors (Lipinski definition) is 3. The SMILES string of the molecule is Cc1csc2nc(-c3cccc(NC(=O)c4ccc(Cl)cc4Cl)c3)cn12. The lowest BCUT2D eigenvalue weighted by Gasteiger charge is -2.08. The molecule has 2 aromatic heterocycles. The number of imidazole rings is 1. The maximum Gasteiger partial charge on any atom is 0.257 e. The molecule has 0 unspecified atom stereocenters. The molecule has 4 rings (SSSR count). The molecule has 2 heterocycles. The van der Waals surface area contributed by atoms with Gasteiger partial charge in [-0.1, -0.05) is 35.3 Å². The van der Waals surface area contributed by atoms with Gasteiger partial charge in [-0.15, -0.1) is 11.3 Å². The van der Waals surface area contributed by atoms with E-state index < -0.39 is 0 Å². The summed E-state index contributed by atoms with van der Waals surface area (Å²) in [7, 11) is 0. The van der Waals surface area contributed by atoms with Crippen LogP contribution in [0.1, 0.15) is 16.1 Å². The number of nitrogens with zero attached hydrogens (tertiary/aromatic N) is 2. The molecule has 0 spiro atoms. The first-order chi connectivity index (χ1) is 12.5. The fraction of sp³-hybridized carbons (Fsp3) is 0.0526. The molecule has 7 heteroatoms. The van der Waals surface area contributed by atoms with Gasteiger partial charge in [0.05, 0.1) is 16.3 Å². The summed E-state index contributed by atoms with van der Waals surface area (Å²) in [4.78, 5) is 18.1. The second-order valence-electron chi connectivity index (χ2n) is 5.81. The molecule has 0 bridgehead atoms. The summed E-state index contributed by atoms with van der Waals surface area (Å²) < 4.78 is 2.05. The van der Waals surface area contributed by atoms with E-state index in [1.54, 1.807) is 29.5 Å². The minimum Gasteiger partial charge on any atom is -0.322 e. The summed E-state index contributed by atoms with van der Waals surface area (Å²) in [5, 5.41) is 5.74. The van der Waals surface area contributed by atoms with E-state index in [2.05, 4.69) is 20.1 Å². The third-order valence-corrected chi connectivity index (χ3v) is 5.49. The van der Waals surface area contributed by atoms with E-state index in [0.29, 0.717) is 21.3 Å². The van der Waals surface area contributed by atoms with Crippen LogP contribution in [0.5, 0.6) is 0 Å². The topological polar surface area (TPSA) is 46.4 Å². The van der Waals surface area contributed by atoms with Crippen LogP contribution in [0.2, 0.25) is 10.0 Å². The molecule has 130 valence electrons. The molecule has 0 fully saturated rings. The summed E-state index contributed by atoms with van der Waals surface area (Å²) in [5.74, 6) is -0.287. The van der Waals surface area contributed by atoms with Crippen LogP contribution in [0.3, 0.4) is 0 Å². The van der Waals surface area contributed by atoms with Gasteiger partial charge in [-0.3, -0.25) is 9.20 Å². The van der Waals surface area contributed by atoms with Crippen molar-refractivity contribution in [1.82, 2.24) is 9.38 Å². The number of thiazole rings is 1. The van der Waals surface area contributed by atoms with E-state index in [1.807, 2.05) is 37.4 Å². The van der Waals surface area contributed by atoms with Gasteiger partial charge in [0, 0.05) is 33.5 Å². The Morgan fingerprint density at radius 3 is 2.81 bits per heavy atom. The highest BCUT2D eigenvalue weighted by atomic mass is 35.5. The van der Waals surface area contributed by atoms with E-state index in [9.17, 15) is 4.79 Å². The molecule has 1 amide bonds. The highest BCUT2D eigenvalue weighted by Gasteiger charge is 2.12. The van der Waals surface area contributed by atoms with Gasteiger partial charge < -0.3 is 5.32 Å². The van der Waals surface area contributed by atoms with Gasteiger partial charge >= 0.3 is 0 Å². The molecule has 2 aromatic carbocycles. The fourth-order valence-electron chi connectivity index (χ4n) is 2.66. The zero-order chi connectivity index (χ0) is 18.3. The first-order valence-electron chi connectivity index (χ1n) is 7.81. The number of anilines is 1. The molecule has 0 radical (unpaired) electrons. The zero-order valence-electron chi connectivity index (χ0n) is 13.7. The van der Waals surface area contributed by atoms with Crippen molar-refractivity contribution < 1.29 is 4.79 Å². The van der Waals surface area contributed by atoms with Crippen molar-refractivity contribution in [2.45, 2.75) is 6.92 Å². The molecule has 26 heavy (non-hydrogen) atoms. The van der Waals surface area contributed by atoms with Crippen molar-refractivity contribution >= 4 is 51.1 Å². The lowest BCUT2D eigenvalue weighted by molar-refractivity contribution is 0.102. The van der Waals surface area contributed by atoms with Crippen molar-refractivity contribution in [1.29, 1.82) is 0 Å². The van der Waals surface area contributed by atoms with Crippen LogP contribution in [-0.4, -0.2) is 15.3 Å². The fourth-order valence-corrected chi connectivity index (χ4v) is 4.01. The molecule has 1 N–H and O–H groups in total. The standard InChI is InChI=1S/C19H13Cl2N3OS/c1-11-10-26-19-23-17(9-24(11)19)12-3-2-4-14(7-12)22-18(25)15-6-5-13(20)8-16(15)21/h2-10H,1H3,(H,22,25). The van der Waals surface area contributed by atoms with Crippen molar-refractivity contribution in [3.63, 3.8) is 0 Å². The monoisotopic (exact) mass is 401 g/mol. The van der Waals surface area contributed by atoms with E-state index in [1.165, 1.54) is 0 Å². The molecule has 0 saturated carbocycles. The van der Waals surface area contributed by atoms with Crippen LogP contribution in [0.25, 0.3) is 16.2 Å². The number of aryl methyl sites for hydroxylation is 1. The highest BCUT2D eigenvalue weighted by molar-refractivity contribution is 7.15. The highest BCUT2D eigenvalue weighted by Crippen LogP contribution is 2.26. The molecule has 0 aliphatic heterocycles. The van der Waals surface area contributed by atoms with Gasteiger partial charge in [0.15, 0.2) is 4.96 Å². The number of amides is 1. The number of hydrogen-bond donors (Lipinski definition) is 1. The Balaban J connectivity index is 1.62. The number of carbonyl (C=O) groups is 1. The minimum absolute atomic E-state index is 0.287. The summed E-state index contributed by atoms with van der Waals surface area (Å²) in [5.41, 5.74) is 3.98. The lowest BCUT2D eigenvalue weighted by Crippen LogP contribution is -2.12. The van der Waals surface area contributed by atoms with Gasteiger partial charge in [-0.25, -0.2) is 4.98 Å². The molecular formula is C19H13Cl2N3OS. The number of benzene rings is 2. The van der Waals surface area contributed by atoms with E-state index >= 15 is 0 Å². The van der Waals surface area contributed by atoms with Gasteiger partial charge in [-0.2, -0.15) is 0 Å². The quantitative estimate of drug-likeness (QED) is 0.462. The smallest absolute Gasteiger partial charge is 0.257 e. The largest absolute Gasteiger partial charge is 0.322 e. The summed E-state index contributed by atoms with van der Waals surface area (Å²) in [6.45, 7) is 2.04. The minimum atomic E-state index is -0.287. The first-order valence-corrected chi connectivity index (χ1v) is 9.45. The van der Waals surface area contributed by atoms with E-state index in [0.717, 1.165) is 21.9 Å². The Morgan fingerprint density at radius 1 is 1.19 bits per heavy atom.